The molecule has 12 heteroatoms. The average molecular weight is 776 g/mol. The lowest BCUT2D eigenvalue weighted by Gasteiger charge is -2.62. The molecule has 58 heavy (non-hydrogen) atoms. The van der Waals surface area contributed by atoms with Crippen molar-refractivity contribution in [2.24, 2.45) is 12.5 Å². The molecule has 5 aliphatic rings. The second kappa shape index (κ2) is 14.2. The summed E-state index contributed by atoms with van der Waals surface area (Å²) in [4.78, 5) is 65.0. The zero-order valence-corrected chi connectivity index (χ0v) is 32.7. The fourth-order valence-corrected chi connectivity index (χ4v) is 9.94. The number of likely N-dealkylation sites (tertiary alicyclic amines) is 1. The van der Waals surface area contributed by atoms with Crippen molar-refractivity contribution >= 4 is 45.4 Å². The van der Waals surface area contributed by atoms with Crippen molar-refractivity contribution in [2.45, 2.75) is 75.6 Å². The number of unbranched alkanes of at least 4 members (excludes halogenated alkanes) is 1. The van der Waals surface area contributed by atoms with Crippen LogP contribution in [0.3, 0.4) is 0 Å². The number of fused-ring (bicyclic) bond motifs is 4. The summed E-state index contributed by atoms with van der Waals surface area (Å²) < 4.78 is 8.51. The SMILES string of the molecule is CN(C1CC(Oc2ccc(-c3ccc4c5cnccc5n(C)c4c3)cn2)C1)C1CC2(C1)CN(CCCC#Cc1ccc3c(c1)C(=O)N(C1CCC(=O)NC1=O)C3=O)C2. The summed E-state index contributed by atoms with van der Waals surface area (Å²) in [5.41, 5.74) is 6.20. The first kappa shape index (κ1) is 36.4. The zero-order valence-electron chi connectivity index (χ0n) is 32.7. The van der Waals surface area contributed by atoms with Crippen LogP contribution in [0, 0.1) is 17.3 Å². The first-order valence-electron chi connectivity index (χ1n) is 20.4. The molecule has 2 aromatic carbocycles. The van der Waals surface area contributed by atoms with Crippen molar-refractivity contribution in [2.75, 3.05) is 26.7 Å². The van der Waals surface area contributed by atoms with Crippen LogP contribution in [0.5, 0.6) is 5.88 Å². The van der Waals surface area contributed by atoms with Gasteiger partial charge in [-0.25, -0.2) is 4.98 Å². The van der Waals surface area contributed by atoms with Gasteiger partial charge in [0.15, 0.2) is 0 Å². The fraction of sp³-hybridized carbons (Fsp3) is 0.391. The monoisotopic (exact) mass is 775 g/mol. The smallest absolute Gasteiger partial charge is 0.262 e. The van der Waals surface area contributed by atoms with E-state index in [2.05, 4.69) is 85.9 Å². The maximum Gasteiger partial charge on any atom is 0.262 e. The van der Waals surface area contributed by atoms with E-state index in [1.54, 1.807) is 18.2 Å². The number of piperidine rings is 1. The van der Waals surface area contributed by atoms with E-state index in [9.17, 15) is 19.2 Å². The normalized spacial score (nSPS) is 22.7. The molecule has 0 bridgehead atoms. The van der Waals surface area contributed by atoms with E-state index in [0.29, 0.717) is 28.9 Å². The quantitative estimate of drug-likeness (QED) is 0.120. The molecule has 12 nitrogen and oxygen atoms in total. The van der Waals surface area contributed by atoms with Crippen molar-refractivity contribution in [1.29, 1.82) is 0 Å². The molecular weight excluding hydrogens is 731 g/mol. The van der Waals surface area contributed by atoms with Gasteiger partial charge in [0, 0.05) is 110 Å². The van der Waals surface area contributed by atoms with Gasteiger partial charge in [-0.1, -0.05) is 24.0 Å². The molecule has 1 spiro atoms. The maximum absolute atomic E-state index is 13.1. The Kier molecular flexibility index (Phi) is 8.91. The van der Waals surface area contributed by atoms with Crippen LogP contribution in [0.4, 0.5) is 0 Å². The highest BCUT2D eigenvalue weighted by Gasteiger charge is 2.54. The predicted octanol–water partition coefficient (Wildman–Crippen LogP) is 5.33. The molecular formula is C46H45N7O5. The molecule has 2 saturated carbocycles. The number of carbonyl (C=O) groups excluding carboxylic acids is 4. The van der Waals surface area contributed by atoms with Gasteiger partial charge in [0.2, 0.25) is 17.7 Å². The number of pyridine rings is 2. The van der Waals surface area contributed by atoms with Crippen molar-refractivity contribution in [3.8, 4) is 28.8 Å². The second-order valence-electron chi connectivity index (χ2n) is 17.0. The standard InChI is InChI=1S/C46H45N7O5/c1-50(31-20-33(21-31)58-42-14-9-30(24-48-42)29-8-11-34-37-25-47-16-15-38(37)51(2)40(34)19-29)32-22-46(23-32)26-52(27-46)17-5-3-4-6-28-7-10-35-36(18-28)45(57)53(44(35)56)39-12-13-41(54)49-43(39)55/h7-11,14-16,18-19,24-25,31-33,39H,3,5,12-13,17,20-23,26-27H2,1-2H3,(H,49,54,55). The van der Waals surface area contributed by atoms with Gasteiger partial charge < -0.3 is 19.1 Å². The third kappa shape index (κ3) is 6.33. The number of benzene rings is 2. The number of nitrogens with one attached hydrogen (secondary N) is 1. The van der Waals surface area contributed by atoms with Gasteiger partial charge >= 0.3 is 0 Å². The Bertz CT molecular complexity index is 2570. The number of ether oxygens (including phenoxy) is 1. The van der Waals surface area contributed by atoms with Crippen molar-refractivity contribution in [3.63, 3.8) is 0 Å². The number of hydrogen-bond donors (Lipinski definition) is 1. The number of amides is 4. The minimum Gasteiger partial charge on any atom is -0.474 e. The van der Waals surface area contributed by atoms with Crippen LogP contribution >= 0.6 is 0 Å². The molecule has 10 rings (SSSR count). The molecule has 0 radical (unpaired) electrons. The highest BCUT2D eigenvalue weighted by Crippen LogP contribution is 2.51. The van der Waals surface area contributed by atoms with Crippen LogP contribution in [0.25, 0.3) is 32.9 Å². The summed E-state index contributed by atoms with van der Waals surface area (Å²) in [6.07, 6.45) is 12.4. The number of carbonyl (C=O) groups is 4. The third-order valence-electron chi connectivity index (χ3n) is 13.3. The Labute approximate surface area is 336 Å². The number of aryl methyl sites for hydroxylation is 1. The molecule has 2 aliphatic carbocycles. The molecule has 2 saturated heterocycles. The van der Waals surface area contributed by atoms with E-state index in [0.717, 1.165) is 61.3 Å². The molecule has 1 atom stereocenters. The average Bonchev–Trinajstić information content (AvgIpc) is 3.60. The Balaban J connectivity index is 0.638. The van der Waals surface area contributed by atoms with E-state index in [1.807, 2.05) is 24.7 Å². The summed E-state index contributed by atoms with van der Waals surface area (Å²) >= 11 is 0. The molecule has 4 amide bonds. The van der Waals surface area contributed by atoms with Crippen molar-refractivity contribution < 1.29 is 23.9 Å². The number of hydrogen-bond acceptors (Lipinski definition) is 9. The summed E-state index contributed by atoms with van der Waals surface area (Å²) in [5, 5.41) is 4.59. The Hall–Kier alpha value is -5.90. The largest absolute Gasteiger partial charge is 0.474 e. The molecule has 4 fully saturated rings. The number of aromatic nitrogens is 3. The first-order chi connectivity index (χ1) is 28.1. The van der Waals surface area contributed by atoms with Gasteiger partial charge in [0.25, 0.3) is 11.8 Å². The van der Waals surface area contributed by atoms with Gasteiger partial charge in [0.1, 0.15) is 12.1 Å². The van der Waals surface area contributed by atoms with Gasteiger partial charge in [-0.3, -0.25) is 34.4 Å². The van der Waals surface area contributed by atoms with Gasteiger partial charge in [-0.15, -0.1) is 0 Å². The Morgan fingerprint density at radius 3 is 2.50 bits per heavy atom. The summed E-state index contributed by atoms with van der Waals surface area (Å²) in [6.45, 7) is 3.32. The predicted molar refractivity (Wildman–Crippen MR) is 218 cm³/mol. The zero-order chi connectivity index (χ0) is 39.7. The number of imide groups is 2. The lowest BCUT2D eigenvalue weighted by molar-refractivity contribution is -0.136. The molecule has 3 aliphatic heterocycles. The number of rotatable bonds is 9. The van der Waals surface area contributed by atoms with E-state index >= 15 is 0 Å². The molecule has 6 heterocycles. The Morgan fingerprint density at radius 1 is 0.897 bits per heavy atom. The molecule has 5 aromatic rings. The Morgan fingerprint density at radius 2 is 1.71 bits per heavy atom. The van der Waals surface area contributed by atoms with Crippen molar-refractivity contribution in [1.82, 2.24) is 34.6 Å². The lowest BCUT2D eigenvalue weighted by atomic mass is 9.59. The van der Waals surface area contributed by atoms with Crippen LogP contribution in [-0.2, 0) is 16.6 Å². The van der Waals surface area contributed by atoms with Crippen molar-refractivity contribution in [3.05, 3.63) is 89.9 Å². The minimum absolute atomic E-state index is 0.0934. The fourth-order valence-electron chi connectivity index (χ4n) is 9.94. The van der Waals surface area contributed by atoms with Crippen LogP contribution in [0.1, 0.15) is 77.6 Å². The lowest BCUT2D eigenvalue weighted by Crippen LogP contribution is -2.67. The highest BCUT2D eigenvalue weighted by molar-refractivity contribution is 6.23. The maximum atomic E-state index is 13.1. The van der Waals surface area contributed by atoms with E-state index in [-0.39, 0.29) is 30.1 Å². The molecule has 3 aromatic heterocycles. The molecule has 294 valence electrons. The summed E-state index contributed by atoms with van der Waals surface area (Å²) in [6, 6.07) is 17.9. The van der Waals surface area contributed by atoms with Crippen LogP contribution in [0.15, 0.2) is 73.2 Å². The van der Waals surface area contributed by atoms with Crippen LogP contribution in [-0.4, -0.2) is 104 Å². The minimum atomic E-state index is -0.972. The van der Waals surface area contributed by atoms with E-state index < -0.39 is 29.7 Å². The third-order valence-corrected chi connectivity index (χ3v) is 13.3. The summed E-state index contributed by atoms with van der Waals surface area (Å²) in [5.74, 6) is 5.04. The number of nitrogens with zero attached hydrogens (tertiary/aromatic N) is 6. The topological polar surface area (TPSA) is 130 Å². The molecule has 1 unspecified atom stereocenters. The van der Waals surface area contributed by atoms with Crippen LogP contribution < -0.4 is 10.1 Å². The highest BCUT2D eigenvalue weighted by atomic mass is 16.5. The van der Waals surface area contributed by atoms with E-state index in [1.165, 1.54) is 34.6 Å². The first-order valence-corrected chi connectivity index (χ1v) is 20.4. The van der Waals surface area contributed by atoms with Gasteiger partial charge in [-0.05, 0) is 86.7 Å². The second-order valence-corrected chi connectivity index (χ2v) is 17.0. The van der Waals surface area contributed by atoms with Crippen LogP contribution in [0.2, 0.25) is 0 Å². The van der Waals surface area contributed by atoms with Gasteiger partial charge in [-0.2, -0.15) is 0 Å². The van der Waals surface area contributed by atoms with Gasteiger partial charge in [0.05, 0.1) is 16.6 Å². The van der Waals surface area contributed by atoms with E-state index in [4.69, 9.17) is 4.74 Å². The molecule has 1 N–H and O–H groups in total. The summed E-state index contributed by atoms with van der Waals surface area (Å²) in [7, 11) is 4.38.